The van der Waals surface area contributed by atoms with Crippen molar-refractivity contribution in [2.24, 2.45) is 0 Å². The van der Waals surface area contributed by atoms with E-state index >= 15 is 0 Å². The van der Waals surface area contributed by atoms with Gasteiger partial charge in [0.2, 0.25) is 0 Å². The van der Waals surface area contributed by atoms with E-state index in [1.54, 1.807) is 6.26 Å². The number of aromatic amines is 1. The summed E-state index contributed by atoms with van der Waals surface area (Å²) in [5.41, 5.74) is 2.80. The number of rotatable bonds is 4. The standard InChI is InChI=1S/C23H16N2O2S/c26-22-20-17(18-12-7-13-27-18)14-28-23(20)25-21(24-22)19(15-8-3-1-4-9-15)16-10-5-2-6-11-16/h1-14,19H,(H,24,25,26). The fourth-order valence-electron chi connectivity index (χ4n) is 3.51. The second kappa shape index (κ2) is 6.94. The molecule has 5 aromatic rings. The van der Waals surface area contributed by atoms with Gasteiger partial charge in [0, 0.05) is 10.9 Å². The quantitative estimate of drug-likeness (QED) is 0.450. The number of nitrogens with one attached hydrogen (secondary N) is 1. The SMILES string of the molecule is O=c1[nH]c(C(c2ccccc2)c2ccccc2)nc2scc(-c3ccco3)c12. The molecule has 5 rings (SSSR count). The van der Waals surface area contributed by atoms with Crippen LogP contribution in [0.4, 0.5) is 0 Å². The van der Waals surface area contributed by atoms with Gasteiger partial charge in [-0.2, -0.15) is 0 Å². The molecule has 0 saturated carbocycles. The molecule has 3 aromatic heterocycles. The monoisotopic (exact) mass is 384 g/mol. The Kier molecular flexibility index (Phi) is 4.14. The van der Waals surface area contributed by atoms with E-state index in [1.807, 2.05) is 53.9 Å². The molecule has 0 atom stereocenters. The van der Waals surface area contributed by atoms with E-state index in [9.17, 15) is 4.79 Å². The number of furan rings is 1. The van der Waals surface area contributed by atoms with Gasteiger partial charge in [0.15, 0.2) is 0 Å². The molecule has 3 heterocycles. The van der Waals surface area contributed by atoms with Crippen molar-refractivity contribution in [2.75, 3.05) is 0 Å². The molecule has 0 unspecified atom stereocenters. The van der Waals surface area contributed by atoms with Gasteiger partial charge in [-0.3, -0.25) is 4.79 Å². The van der Waals surface area contributed by atoms with Gasteiger partial charge in [0.25, 0.3) is 5.56 Å². The molecule has 0 aliphatic carbocycles. The molecule has 1 N–H and O–H groups in total. The first-order valence-corrected chi connectivity index (χ1v) is 9.84. The Balaban J connectivity index is 1.71. The number of nitrogens with zero attached hydrogens (tertiary/aromatic N) is 1. The largest absolute Gasteiger partial charge is 0.464 e. The predicted molar refractivity (Wildman–Crippen MR) is 112 cm³/mol. The van der Waals surface area contributed by atoms with Crippen molar-refractivity contribution in [2.45, 2.75) is 5.92 Å². The van der Waals surface area contributed by atoms with E-state index in [1.165, 1.54) is 11.3 Å². The van der Waals surface area contributed by atoms with Crippen LogP contribution in [0, 0.1) is 0 Å². The third-order valence-electron chi connectivity index (χ3n) is 4.79. The van der Waals surface area contributed by atoms with Gasteiger partial charge in [-0.05, 0) is 23.3 Å². The lowest BCUT2D eigenvalue weighted by atomic mass is 9.90. The highest BCUT2D eigenvalue weighted by Gasteiger charge is 2.22. The van der Waals surface area contributed by atoms with Crippen LogP contribution in [0.3, 0.4) is 0 Å². The topological polar surface area (TPSA) is 58.9 Å². The molecule has 136 valence electrons. The van der Waals surface area contributed by atoms with Crippen LogP contribution in [0.5, 0.6) is 0 Å². The van der Waals surface area contributed by atoms with Crippen LogP contribution in [-0.4, -0.2) is 9.97 Å². The minimum absolute atomic E-state index is 0.145. The zero-order valence-corrected chi connectivity index (χ0v) is 15.6. The highest BCUT2D eigenvalue weighted by Crippen LogP contribution is 2.34. The van der Waals surface area contributed by atoms with Gasteiger partial charge in [-0.15, -0.1) is 11.3 Å². The Morgan fingerprint density at radius 3 is 2.18 bits per heavy atom. The second-order valence-electron chi connectivity index (χ2n) is 6.51. The number of fused-ring (bicyclic) bond motifs is 1. The van der Waals surface area contributed by atoms with Crippen molar-refractivity contribution in [3.63, 3.8) is 0 Å². The van der Waals surface area contributed by atoms with Gasteiger partial charge < -0.3 is 9.40 Å². The van der Waals surface area contributed by atoms with Gasteiger partial charge in [-0.1, -0.05) is 60.7 Å². The fourth-order valence-corrected chi connectivity index (χ4v) is 4.45. The minimum Gasteiger partial charge on any atom is -0.464 e. The van der Waals surface area contributed by atoms with Crippen molar-refractivity contribution >= 4 is 21.6 Å². The molecule has 0 fully saturated rings. The fraction of sp³-hybridized carbons (Fsp3) is 0.0435. The number of aromatic nitrogens is 2. The minimum atomic E-state index is -0.149. The van der Waals surface area contributed by atoms with E-state index in [2.05, 4.69) is 29.2 Å². The number of thiophene rings is 1. The molecule has 0 spiro atoms. The van der Waals surface area contributed by atoms with Crippen LogP contribution in [0.25, 0.3) is 21.5 Å². The molecule has 2 aromatic carbocycles. The molecule has 0 saturated heterocycles. The Morgan fingerprint density at radius 2 is 1.57 bits per heavy atom. The molecule has 0 aliphatic rings. The Hall–Kier alpha value is -3.44. The van der Waals surface area contributed by atoms with Gasteiger partial charge in [-0.25, -0.2) is 4.98 Å². The van der Waals surface area contributed by atoms with Crippen LogP contribution in [0.15, 0.2) is 93.7 Å². The zero-order chi connectivity index (χ0) is 18.9. The molecular weight excluding hydrogens is 368 g/mol. The first kappa shape index (κ1) is 16.7. The van der Waals surface area contributed by atoms with E-state index in [-0.39, 0.29) is 11.5 Å². The molecule has 0 radical (unpaired) electrons. The van der Waals surface area contributed by atoms with Crippen LogP contribution < -0.4 is 5.56 Å². The zero-order valence-electron chi connectivity index (χ0n) is 14.8. The summed E-state index contributed by atoms with van der Waals surface area (Å²) in [4.78, 5) is 21.6. The van der Waals surface area contributed by atoms with Gasteiger partial charge in [0.05, 0.1) is 17.6 Å². The van der Waals surface area contributed by atoms with E-state index in [4.69, 9.17) is 9.40 Å². The molecule has 0 bridgehead atoms. The number of hydrogen-bond donors (Lipinski definition) is 1. The Bertz CT molecular complexity index is 1230. The highest BCUT2D eigenvalue weighted by atomic mass is 32.1. The summed E-state index contributed by atoms with van der Waals surface area (Å²) in [7, 11) is 0. The summed E-state index contributed by atoms with van der Waals surface area (Å²) in [6, 6.07) is 23.9. The normalized spacial score (nSPS) is 11.3. The van der Waals surface area contributed by atoms with Gasteiger partial charge >= 0.3 is 0 Å². The van der Waals surface area contributed by atoms with Crippen molar-refractivity contribution < 1.29 is 4.42 Å². The smallest absolute Gasteiger partial charge is 0.260 e. The Morgan fingerprint density at radius 1 is 0.893 bits per heavy atom. The maximum Gasteiger partial charge on any atom is 0.260 e. The second-order valence-corrected chi connectivity index (χ2v) is 7.37. The third-order valence-corrected chi connectivity index (χ3v) is 5.66. The molecule has 4 nitrogen and oxygen atoms in total. The number of H-pyrrole nitrogens is 1. The van der Waals surface area contributed by atoms with E-state index < -0.39 is 0 Å². The van der Waals surface area contributed by atoms with Crippen molar-refractivity contribution in [1.82, 2.24) is 9.97 Å². The molecule has 5 heteroatoms. The maximum atomic E-state index is 13.0. The molecule has 0 amide bonds. The summed E-state index contributed by atoms with van der Waals surface area (Å²) < 4.78 is 5.48. The average molecular weight is 384 g/mol. The first-order valence-electron chi connectivity index (χ1n) is 8.96. The lowest BCUT2D eigenvalue weighted by Gasteiger charge is -2.17. The number of hydrogen-bond acceptors (Lipinski definition) is 4. The van der Waals surface area contributed by atoms with Crippen LogP contribution >= 0.6 is 11.3 Å². The van der Waals surface area contributed by atoms with Crippen molar-refractivity contribution in [1.29, 1.82) is 0 Å². The van der Waals surface area contributed by atoms with Crippen molar-refractivity contribution in [3.05, 3.63) is 112 Å². The van der Waals surface area contributed by atoms with Gasteiger partial charge in [0.1, 0.15) is 16.4 Å². The number of benzene rings is 2. The summed E-state index contributed by atoms with van der Waals surface area (Å²) in [6.45, 7) is 0. The van der Waals surface area contributed by atoms with Crippen LogP contribution in [0.2, 0.25) is 0 Å². The third kappa shape index (κ3) is 2.86. The summed E-state index contributed by atoms with van der Waals surface area (Å²) in [5, 5.41) is 2.50. The van der Waals surface area contributed by atoms with E-state index in [0.29, 0.717) is 21.8 Å². The summed E-state index contributed by atoms with van der Waals surface area (Å²) in [6.07, 6.45) is 1.61. The molecular formula is C23H16N2O2S. The highest BCUT2D eigenvalue weighted by molar-refractivity contribution is 7.17. The average Bonchev–Trinajstić information content (AvgIpc) is 3.40. The Labute approximate surface area is 165 Å². The summed E-state index contributed by atoms with van der Waals surface area (Å²) in [5.74, 6) is 1.17. The maximum absolute atomic E-state index is 13.0. The lowest BCUT2D eigenvalue weighted by Crippen LogP contribution is -2.16. The van der Waals surface area contributed by atoms with Crippen molar-refractivity contribution in [3.8, 4) is 11.3 Å². The lowest BCUT2D eigenvalue weighted by molar-refractivity contribution is 0.583. The summed E-state index contributed by atoms with van der Waals surface area (Å²) >= 11 is 1.46. The van der Waals surface area contributed by atoms with E-state index in [0.717, 1.165) is 16.7 Å². The van der Waals surface area contributed by atoms with Crippen LogP contribution in [-0.2, 0) is 0 Å². The first-order chi connectivity index (χ1) is 13.8. The predicted octanol–water partition coefficient (Wildman–Crippen LogP) is 5.42. The molecule has 0 aliphatic heterocycles. The van der Waals surface area contributed by atoms with Crippen LogP contribution in [0.1, 0.15) is 22.9 Å². The molecule has 28 heavy (non-hydrogen) atoms.